The lowest BCUT2D eigenvalue weighted by molar-refractivity contribution is -0.385. The van der Waals surface area contributed by atoms with Crippen LogP contribution in [0.3, 0.4) is 0 Å². The summed E-state index contributed by atoms with van der Waals surface area (Å²) < 4.78 is 13.7. The number of aliphatic carboxylic acids is 1. The first kappa shape index (κ1) is 13.4. The minimum absolute atomic E-state index is 0.154. The van der Waals surface area contributed by atoms with E-state index >= 15 is 0 Å². The second kappa shape index (κ2) is 5.31. The number of hydrogen-bond donors (Lipinski definition) is 1. The lowest BCUT2D eigenvalue weighted by atomic mass is 10.1. The van der Waals surface area contributed by atoms with Crippen LogP contribution < -0.4 is 0 Å². The van der Waals surface area contributed by atoms with E-state index in [1.807, 2.05) is 0 Å². The molecule has 0 amide bonds. The SMILES string of the molecule is O=C(O)C1CCCN1Cc1ccc([N+](=O)[O-])cc1F. The van der Waals surface area contributed by atoms with E-state index in [1.54, 1.807) is 4.90 Å². The van der Waals surface area contributed by atoms with Gasteiger partial charge < -0.3 is 5.11 Å². The van der Waals surface area contributed by atoms with Gasteiger partial charge in [-0.25, -0.2) is 4.39 Å². The largest absolute Gasteiger partial charge is 0.480 e. The fraction of sp³-hybridized carbons (Fsp3) is 0.417. The normalized spacial score (nSPS) is 19.5. The van der Waals surface area contributed by atoms with E-state index in [9.17, 15) is 19.3 Å². The molecule has 1 saturated heterocycles. The van der Waals surface area contributed by atoms with Crippen molar-refractivity contribution in [3.63, 3.8) is 0 Å². The van der Waals surface area contributed by atoms with Gasteiger partial charge in [0.05, 0.1) is 11.0 Å². The molecule has 19 heavy (non-hydrogen) atoms. The Morgan fingerprint density at radius 2 is 2.32 bits per heavy atom. The molecule has 0 bridgehead atoms. The number of benzene rings is 1. The predicted molar refractivity (Wildman–Crippen MR) is 64.1 cm³/mol. The van der Waals surface area contributed by atoms with Crippen molar-refractivity contribution in [1.29, 1.82) is 0 Å². The Kier molecular flexibility index (Phi) is 3.75. The molecule has 1 aliphatic heterocycles. The van der Waals surface area contributed by atoms with Crippen LogP contribution in [0.15, 0.2) is 18.2 Å². The number of rotatable bonds is 4. The highest BCUT2D eigenvalue weighted by molar-refractivity contribution is 5.73. The quantitative estimate of drug-likeness (QED) is 0.664. The molecule has 6 nitrogen and oxygen atoms in total. The average Bonchev–Trinajstić information content (AvgIpc) is 2.79. The van der Waals surface area contributed by atoms with Gasteiger partial charge in [0.1, 0.15) is 11.9 Å². The van der Waals surface area contributed by atoms with E-state index in [-0.39, 0.29) is 17.8 Å². The summed E-state index contributed by atoms with van der Waals surface area (Å²) >= 11 is 0. The molecule has 1 unspecified atom stereocenters. The lowest BCUT2D eigenvalue weighted by Gasteiger charge is -2.21. The van der Waals surface area contributed by atoms with Gasteiger partial charge in [-0.15, -0.1) is 0 Å². The van der Waals surface area contributed by atoms with Gasteiger partial charge in [0.25, 0.3) is 5.69 Å². The van der Waals surface area contributed by atoms with Gasteiger partial charge in [0.15, 0.2) is 0 Å². The zero-order valence-electron chi connectivity index (χ0n) is 10.1. The van der Waals surface area contributed by atoms with Crippen molar-refractivity contribution >= 4 is 11.7 Å². The maximum absolute atomic E-state index is 13.7. The minimum Gasteiger partial charge on any atom is -0.480 e. The van der Waals surface area contributed by atoms with Gasteiger partial charge in [-0.2, -0.15) is 0 Å². The number of nitro groups is 1. The summed E-state index contributed by atoms with van der Waals surface area (Å²) in [7, 11) is 0. The van der Waals surface area contributed by atoms with Crippen molar-refractivity contribution in [2.45, 2.75) is 25.4 Å². The first-order valence-electron chi connectivity index (χ1n) is 5.88. The number of carboxylic acids is 1. The van der Waals surface area contributed by atoms with Crippen LogP contribution in [0.1, 0.15) is 18.4 Å². The van der Waals surface area contributed by atoms with Crippen molar-refractivity contribution in [2.24, 2.45) is 0 Å². The Morgan fingerprint density at radius 1 is 1.58 bits per heavy atom. The summed E-state index contributed by atoms with van der Waals surface area (Å²) in [6.07, 6.45) is 1.30. The third-order valence-electron chi connectivity index (χ3n) is 3.27. The molecule has 1 aromatic carbocycles. The summed E-state index contributed by atoms with van der Waals surface area (Å²) in [5, 5.41) is 19.5. The van der Waals surface area contributed by atoms with E-state index in [2.05, 4.69) is 0 Å². The van der Waals surface area contributed by atoms with Crippen LogP contribution in [0, 0.1) is 15.9 Å². The number of carboxylic acid groups (broad SMARTS) is 1. The van der Waals surface area contributed by atoms with Crippen molar-refractivity contribution in [1.82, 2.24) is 4.90 Å². The van der Waals surface area contributed by atoms with E-state index in [0.717, 1.165) is 12.5 Å². The highest BCUT2D eigenvalue weighted by Gasteiger charge is 2.30. The Morgan fingerprint density at radius 3 is 2.89 bits per heavy atom. The van der Waals surface area contributed by atoms with Crippen molar-refractivity contribution in [3.8, 4) is 0 Å². The van der Waals surface area contributed by atoms with Gasteiger partial charge in [0, 0.05) is 18.2 Å². The zero-order chi connectivity index (χ0) is 14.0. The molecule has 0 radical (unpaired) electrons. The number of nitrogens with zero attached hydrogens (tertiary/aromatic N) is 2. The van der Waals surface area contributed by atoms with E-state index in [0.29, 0.717) is 13.0 Å². The molecule has 2 rings (SSSR count). The van der Waals surface area contributed by atoms with Crippen LogP contribution in [0.4, 0.5) is 10.1 Å². The van der Waals surface area contributed by atoms with Crippen molar-refractivity contribution in [2.75, 3.05) is 6.54 Å². The topological polar surface area (TPSA) is 83.7 Å². The average molecular weight is 268 g/mol. The molecule has 0 aliphatic carbocycles. The standard InChI is InChI=1S/C12H13FN2O4/c13-10-6-9(15(18)19)4-3-8(10)7-14-5-1-2-11(14)12(16)17/h3-4,6,11H,1-2,5,7H2,(H,16,17). The number of nitro benzene ring substituents is 1. The summed E-state index contributed by atoms with van der Waals surface area (Å²) in [4.78, 5) is 22.5. The first-order chi connectivity index (χ1) is 8.99. The molecule has 1 aromatic rings. The molecule has 7 heteroatoms. The second-order valence-electron chi connectivity index (χ2n) is 4.50. The van der Waals surface area contributed by atoms with Crippen LogP contribution in [0.5, 0.6) is 0 Å². The number of non-ortho nitro benzene ring substituents is 1. The van der Waals surface area contributed by atoms with Crippen molar-refractivity contribution in [3.05, 3.63) is 39.7 Å². The minimum atomic E-state index is -0.917. The van der Waals surface area contributed by atoms with Gasteiger partial charge in [-0.1, -0.05) is 0 Å². The van der Waals surface area contributed by atoms with E-state index in [1.165, 1.54) is 12.1 Å². The number of likely N-dealkylation sites (tertiary alicyclic amines) is 1. The van der Waals surface area contributed by atoms with Gasteiger partial charge in [0.2, 0.25) is 0 Å². The van der Waals surface area contributed by atoms with Crippen LogP contribution in [-0.4, -0.2) is 33.5 Å². The third-order valence-corrected chi connectivity index (χ3v) is 3.27. The summed E-state index contributed by atoms with van der Waals surface area (Å²) in [6.45, 7) is 0.744. The molecule has 0 spiro atoms. The maximum atomic E-state index is 13.7. The fourth-order valence-electron chi connectivity index (χ4n) is 2.29. The smallest absolute Gasteiger partial charge is 0.320 e. The van der Waals surface area contributed by atoms with Gasteiger partial charge in [-0.3, -0.25) is 19.8 Å². The highest BCUT2D eigenvalue weighted by atomic mass is 19.1. The third kappa shape index (κ3) is 2.87. The molecular weight excluding hydrogens is 255 g/mol. The molecule has 1 N–H and O–H groups in total. The Hall–Kier alpha value is -2.02. The molecule has 1 heterocycles. The van der Waals surface area contributed by atoms with Gasteiger partial charge >= 0.3 is 5.97 Å². The van der Waals surface area contributed by atoms with E-state index < -0.39 is 22.8 Å². The van der Waals surface area contributed by atoms with Crippen LogP contribution in [-0.2, 0) is 11.3 Å². The van der Waals surface area contributed by atoms with Crippen LogP contribution in [0.25, 0.3) is 0 Å². The Balaban J connectivity index is 2.15. The summed E-state index contributed by atoms with van der Waals surface area (Å²) in [5.74, 6) is -1.59. The predicted octanol–water partition coefficient (Wildman–Crippen LogP) is 1.78. The first-order valence-corrected chi connectivity index (χ1v) is 5.88. The molecule has 102 valence electrons. The highest BCUT2D eigenvalue weighted by Crippen LogP contribution is 2.23. The number of halogens is 1. The molecule has 0 aromatic heterocycles. The summed E-state index contributed by atoms with van der Waals surface area (Å²) in [5.41, 5.74) is -0.0313. The summed E-state index contributed by atoms with van der Waals surface area (Å²) in [6, 6.07) is 2.82. The van der Waals surface area contributed by atoms with Crippen LogP contribution in [0.2, 0.25) is 0 Å². The Bertz CT molecular complexity index is 520. The fourth-order valence-corrected chi connectivity index (χ4v) is 2.29. The monoisotopic (exact) mass is 268 g/mol. The molecule has 1 fully saturated rings. The van der Waals surface area contributed by atoms with Crippen molar-refractivity contribution < 1.29 is 19.2 Å². The zero-order valence-corrected chi connectivity index (χ0v) is 10.1. The molecule has 1 atom stereocenters. The maximum Gasteiger partial charge on any atom is 0.320 e. The molecule has 1 aliphatic rings. The molecule has 0 saturated carbocycles. The van der Waals surface area contributed by atoms with Gasteiger partial charge in [-0.05, 0) is 25.5 Å². The number of hydrogen-bond acceptors (Lipinski definition) is 4. The second-order valence-corrected chi connectivity index (χ2v) is 4.50. The molecular formula is C12H13FN2O4. The Labute approximate surface area is 108 Å². The van der Waals surface area contributed by atoms with E-state index in [4.69, 9.17) is 5.11 Å². The van der Waals surface area contributed by atoms with Crippen LogP contribution >= 0.6 is 0 Å². The number of carbonyl (C=O) groups is 1. The lowest BCUT2D eigenvalue weighted by Crippen LogP contribution is -2.35.